The van der Waals surface area contributed by atoms with Crippen LogP contribution in [0, 0.1) is 39.4 Å². The third-order valence-electron chi connectivity index (χ3n) is 12.2. The molecule has 9 heteroatoms. The van der Waals surface area contributed by atoms with Gasteiger partial charge in [-0.05, 0) is 82.5 Å². The van der Waals surface area contributed by atoms with E-state index < -0.39 is 40.8 Å². The van der Waals surface area contributed by atoms with Gasteiger partial charge in [-0.15, -0.1) is 18.3 Å². The van der Waals surface area contributed by atoms with Gasteiger partial charge in [0.25, 0.3) is 0 Å². The molecule has 2 spiro atoms. The van der Waals surface area contributed by atoms with Gasteiger partial charge in [0.15, 0.2) is 0 Å². The van der Waals surface area contributed by atoms with E-state index in [0.29, 0.717) is 37.9 Å². The van der Waals surface area contributed by atoms with E-state index in [1.54, 1.807) is 0 Å². The summed E-state index contributed by atoms with van der Waals surface area (Å²) in [5.41, 5.74) is -2.28. The monoisotopic (exact) mass is 605 g/mol. The molecule has 0 saturated heterocycles. The molecule has 0 heterocycles. The molecule has 12 atom stereocenters. The zero-order valence-electron chi connectivity index (χ0n) is 26.4. The van der Waals surface area contributed by atoms with E-state index in [9.17, 15) is 24.6 Å². The number of rotatable bonds is 6. The number of amides is 1. The summed E-state index contributed by atoms with van der Waals surface area (Å²) in [6.45, 7) is 18.0. The molecule has 5 fully saturated rings. The number of ether oxygens (including phenoxy) is 2. The first-order valence-corrected chi connectivity index (χ1v) is 16.8. The lowest BCUT2D eigenvalue weighted by molar-refractivity contribution is -0.168. The zero-order chi connectivity index (χ0) is 31.0. The summed E-state index contributed by atoms with van der Waals surface area (Å²) in [5.74, 6) is 0.368. The summed E-state index contributed by atoms with van der Waals surface area (Å²) >= 11 is 1.40. The number of nitrogens with one attached hydrogen (secondary N) is 1. The minimum Gasteiger partial charge on any atom is -0.461 e. The normalized spacial score (nSPS) is 47.9. The Kier molecular flexibility index (Phi) is 7.96. The maximum atomic E-state index is 13.5. The van der Waals surface area contributed by atoms with Crippen LogP contribution in [0.5, 0.6) is 0 Å². The van der Waals surface area contributed by atoms with Gasteiger partial charge >= 0.3 is 12.1 Å². The van der Waals surface area contributed by atoms with Crippen LogP contribution in [-0.2, 0) is 19.1 Å². The number of thioether (sulfide) groups is 1. The molecule has 3 N–H and O–H groups in total. The first-order chi connectivity index (χ1) is 19.5. The van der Waals surface area contributed by atoms with Crippen molar-refractivity contribution >= 4 is 29.6 Å². The summed E-state index contributed by atoms with van der Waals surface area (Å²) < 4.78 is 11.7. The average Bonchev–Trinajstić information content (AvgIpc) is 3.26. The number of hydrogen-bond donors (Lipinski definition) is 3. The molecule has 5 aliphatic carbocycles. The molecule has 0 aliphatic heterocycles. The van der Waals surface area contributed by atoms with Gasteiger partial charge in [-0.25, -0.2) is 4.79 Å². The Balaban J connectivity index is 1.26. The fourth-order valence-electron chi connectivity index (χ4n) is 10.1. The second-order valence-electron chi connectivity index (χ2n) is 15.5. The van der Waals surface area contributed by atoms with Crippen molar-refractivity contribution in [3.05, 3.63) is 12.7 Å². The van der Waals surface area contributed by atoms with Crippen molar-refractivity contribution in [2.24, 2.45) is 39.4 Å². The third-order valence-corrected chi connectivity index (χ3v) is 13.6. The Morgan fingerprint density at radius 2 is 1.86 bits per heavy atom. The van der Waals surface area contributed by atoms with Crippen LogP contribution in [0.3, 0.4) is 0 Å². The van der Waals surface area contributed by atoms with Crippen LogP contribution in [-0.4, -0.2) is 69.0 Å². The fourth-order valence-corrected chi connectivity index (χ4v) is 11.2. The van der Waals surface area contributed by atoms with Gasteiger partial charge in [0.2, 0.25) is 0 Å². The lowest BCUT2D eigenvalue weighted by Crippen LogP contribution is -2.53. The molecule has 5 rings (SSSR count). The van der Waals surface area contributed by atoms with Gasteiger partial charge in [0, 0.05) is 34.0 Å². The number of carbonyl (C=O) groups excluding carboxylic acids is 3. The molecule has 42 heavy (non-hydrogen) atoms. The Labute approximate surface area is 255 Å². The zero-order valence-corrected chi connectivity index (χ0v) is 27.2. The summed E-state index contributed by atoms with van der Waals surface area (Å²) in [7, 11) is 0. The van der Waals surface area contributed by atoms with Crippen LogP contribution in [0.25, 0.3) is 0 Å². The summed E-state index contributed by atoms with van der Waals surface area (Å²) in [6, 6.07) is -0.178. The van der Waals surface area contributed by atoms with E-state index in [1.165, 1.54) is 11.8 Å². The van der Waals surface area contributed by atoms with E-state index in [2.05, 4.69) is 32.7 Å². The predicted octanol–water partition coefficient (Wildman–Crippen LogP) is 5.04. The second-order valence-corrected chi connectivity index (χ2v) is 16.8. The number of aliphatic hydroxyl groups excluding tert-OH is 2. The summed E-state index contributed by atoms with van der Waals surface area (Å²) in [6.07, 6.45) is 3.89. The molecule has 0 radical (unpaired) electrons. The highest BCUT2D eigenvalue weighted by Crippen LogP contribution is 2.91. The van der Waals surface area contributed by atoms with Gasteiger partial charge in [0.1, 0.15) is 17.5 Å². The topological polar surface area (TPSA) is 122 Å². The highest BCUT2D eigenvalue weighted by Gasteiger charge is 2.92. The number of ketones is 1. The van der Waals surface area contributed by atoms with Gasteiger partial charge in [-0.2, -0.15) is 0 Å². The molecule has 5 saturated carbocycles. The molecule has 0 aromatic heterocycles. The SMILES string of the molecule is C=C[C@]1(C)C[C@@H](OC(=O)CS[C@@H]2CC[C@@H](NC(=O)OC(C)(C)C)C[C@H]2O)[C@]2(C)C(C)CC34C(=O)CC[C@@]3([C@@H](C)[C@@H]1O)[C@@H]42. The highest BCUT2D eigenvalue weighted by atomic mass is 32.2. The lowest BCUT2D eigenvalue weighted by Gasteiger charge is -2.51. The number of Topliss-reactive ketones (excluding diaryl/α,β-unsaturated/α-hetero) is 1. The van der Waals surface area contributed by atoms with Crippen molar-refractivity contribution < 1.29 is 34.1 Å². The van der Waals surface area contributed by atoms with Crippen LogP contribution in [0.2, 0.25) is 0 Å². The summed E-state index contributed by atoms with van der Waals surface area (Å²) in [5, 5.41) is 25.2. The Morgan fingerprint density at radius 3 is 2.48 bits per heavy atom. The van der Waals surface area contributed by atoms with Crippen molar-refractivity contribution in [3.8, 4) is 0 Å². The maximum absolute atomic E-state index is 13.5. The van der Waals surface area contributed by atoms with Crippen LogP contribution in [0.1, 0.15) is 93.4 Å². The van der Waals surface area contributed by atoms with Crippen LogP contribution >= 0.6 is 11.8 Å². The second kappa shape index (κ2) is 10.5. The Bertz CT molecular complexity index is 1140. The molecular formula is C33H51NO7S. The van der Waals surface area contributed by atoms with Crippen molar-refractivity contribution in [3.63, 3.8) is 0 Å². The molecule has 1 amide bonds. The van der Waals surface area contributed by atoms with E-state index in [1.807, 2.05) is 33.8 Å². The molecule has 0 aromatic carbocycles. The molecular weight excluding hydrogens is 554 g/mol. The van der Waals surface area contributed by atoms with E-state index in [0.717, 1.165) is 12.8 Å². The van der Waals surface area contributed by atoms with Crippen LogP contribution in [0.15, 0.2) is 12.7 Å². The Morgan fingerprint density at radius 1 is 1.17 bits per heavy atom. The van der Waals surface area contributed by atoms with E-state index >= 15 is 0 Å². The van der Waals surface area contributed by atoms with Gasteiger partial charge in [0.05, 0.1) is 18.0 Å². The number of aliphatic hydroxyl groups is 2. The molecule has 5 aliphatic rings. The molecule has 0 bridgehead atoms. The van der Waals surface area contributed by atoms with Crippen molar-refractivity contribution in [1.29, 1.82) is 0 Å². The quantitative estimate of drug-likeness (QED) is 0.284. The van der Waals surface area contributed by atoms with Gasteiger partial charge in [-0.3, -0.25) is 9.59 Å². The van der Waals surface area contributed by atoms with Gasteiger partial charge in [-0.1, -0.05) is 33.8 Å². The molecule has 2 unspecified atom stereocenters. The standard InChI is InChI=1S/C33H51NO7S/c1-9-30(7)16-24(31(8)18(2)15-33-23(36)12-13-32(33,27(31)33)19(3)26(30)38)40-25(37)17-42-22-11-10-20(14-21(22)35)34-28(39)41-29(4,5)6/h9,18-22,24,26-27,35,38H,1,10-17H2,2-8H3,(H,34,39)/t18?,19-,20+,21+,22+,24+,26-,27-,30+,31-,32+,33?/m0/s1. The number of alkyl carbamates (subject to hydrolysis) is 1. The predicted molar refractivity (Wildman–Crippen MR) is 162 cm³/mol. The minimum absolute atomic E-state index is 0.0441. The number of esters is 1. The molecule has 8 nitrogen and oxygen atoms in total. The smallest absolute Gasteiger partial charge is 0.407 e. The van der Waals surface area contributed by atoms with Crippen LogP contribution < -0.4 is 5.32 Å². The fraction of sp³-hybridized carbons (Fsp3) is 0.848. The van der Waals surface area contributed by atoms with E-state index in [-0.39, 0.29) is 51.6 Å². The number of carbonyl (C=O) groups is 3. The largest absolute Gasteiger partial charge is 0.461 e. The third kappa shape index (κ3) is 4.66. The van der Waals surface area contributed by atoms with Crippen molar-refractivity contribution in [2.75, 3.05) is 5.75 Å². The first-order valence-electron chi connectivity index (χ1n) is 15.8. The summed E-state index contributed by atoms with van der Waals surface area (Å²) in [4.78, 5) is 39.1. The molecule has 0 aromatic rings. The highest BCUT2D eigenvalue weighted by molar-refractivity contribution is 8.00. The van der Waals surface area contributed by atoms with Crippen molar-refractivity contribution in [1.82, 2.24) is 5.32 Å². The average molecular weight is 606 g/mol. The Hall–Kier alpha value is -1.58. The van der Waals surface area contributed by atoms with Crippen LogP contribution in [0.4, 0.5) is 4.79 Å². The van der Waals surface area contributed by atoms with Crippen molar-refractivity contribution in [2.45, 2.75) is 129 Å². The van der Waals surface area contributed by atoms with E-state index in [4.69, 9.17) is 9.47 Å². The molecule has 236 valence electrons. The number of hydrogen-bond acceptors (Lipinski definition) is 8. The maximum Gasteiger partial charge on any atom is 0.407 e. The minimum atomic E-state index is -0.682. The van der Waals surface area contributed by atoms with Gasteiger partial charge < -0.3 is 25.0 Å². The first kappa shape index (κ1) is 31.8. The lowest BCUT2D eigenvalue weighted by atomic mass is 9.57.